The molecule has 0 saturated heterocycles. The summed E-state index contributed by atoms with van der Waals surface area (Å²) in [6.45, 7) is 0. The minimum Gasteiger partial charge on any atom is -0.455 e. The maximum absolute atomic E-state index is 7.15. The molecule has 4 heterocycles. The Morgan fingerprint density at radius 3 is 0.707 bits per heavy atom. The average Bonchev–Trinajstić information content (AvgIpc) is 4.48. The number of benzene rings is 14. The van der Waals surface area contributed by atoms with Crippen molar-refractivity contribution < 1.29 is 17.7 Å². The fourth-order valence-corrected chi connectivity index (χ4v) is 13.8. The fraction of sp³-hybridized carbons (Fsp3) is 0. The van der Waals surface area contributed by atoms with E-state index in [0.717, 1.165) is 174 Å². The van der Waals surface area contributed by atoms with Gasteiger partial charge in [0.2, 0.25) is 0 Å². The van der Waals surface area contributed by atoms with E-state index in [4.69, 9.17) is 23.4 Å². The zero-order valence-electron chi connectivity index (χ0n) is 43.8. The van der Waals surface area contributed by atoms with Crippen LogP contribution in [0.1, 0.15) is 0 Å². The van der Waals surface area contributed by atoms with Crippen molar-refractivity contribution in [1.29, 1.82) is 0 Å². The minimum absolute atomic E-state index is 0.752. The Bertz CT molecular complexity index is 5000. The Morgan fingerprint density at radius 2 is 0.427 bits per heavy atom. The van der Waals surface area contributed by atoms with Crippen molar-refractivity contribution in [3.05, 3.63) is 259 Å². The summed E-state index contributed by atoms with van der Waals surface area (Å²) in [5, 5.41) is 17.9. The van der Waals surface area contributed by atoms with Gasteiger partial charge < -0.3 is 23.4 Å². The van der Waals surface area contributed by atoms with Gasteiger partial charge in [0.05, 0.1) is 0 Å². The molecule has 2 N–H and O–H groups in total. The van der Waals surface area contributed by atoms with Gasteiger partial charge in [0.15, 0.2) is 0 Å². The molecule has 0 bridgehead atoms. The van der Waals surface area contributed by atoms with Crippen molar-refractivity contribution in [3.63, 3.8) is 0 Å². The lowest BCUT2D eigenvalue weighted by Gasteiger charge is -2.16. The molecule has 4 aromatic heterocycles. The van der Waals surface area contributed by atoms with E-state index in [2.05, 4.69) is 222 Å². The van der Waals surface area contributed by atoms with E-state index in [1.807, 2.05) is 48.5 Å². The van der Waals surface area contributed by atoms with Crippen molar-refractivity contribution in [2.75, 3.05) is 5.73 Å². The third kappa shape index (κ3) is 6.92. The molecule has 0 unspecified atom stereocenters. The highest BCUT2D eigenvalue weighted by molar-refractivity contribution is 9.10. The van der Waals surface area contributed by atoms with E-state index in [9.17, 15) is 0 Å². The van der Waals surface area contributed by atoms with Crippen molar-refractivity contribution in [2.45, 2.75) is 0 Å². The lowest BCUT2D eigenvalue weighted by molar-refractivity contribution is 0.672. The second kappa shape index (κ2) is 18.1. The Morgan fingerprint density at radius 1 is 0.207 bits per heavy atom. The molecule has 0 aliphatic heterocycles. The topological polar surface area (TPSA) is 78.6 Å². The van der Waals surface area contributed by atoms with E-state index >= 15 is 0 Å². The van der Waals surface area contributed by atoms with Crippen molar-refractivity contribution in [1.82, 2.24) is 0 Å². The summed E-state index contributed by atoms with van der Waals surface area (Å²) in [4.78, 5) is 0. The van der Waals surface area contributed by atoms with Crippen molar-refractivity contribution in [3.8, 4) is 44.5 Å². The van der Waals surface area contributed by atoms with Gasteiger partial charge in [-0.25, -0.2) is 0 Å². The number of rotatable bonds is 4. The number of hydrogen-bond acceptors (Lipinski definition) is 5. The smallest absolute Gasteiger partial charge is 0.143 e. The SMILES string of the molecule is Brc1c(-c2cc3c4ccccc4oc3c3ccccc23)cccc1-c1cc2c3ccccc3oc2c2ccccc12.Nc1c(-c2cc3c4ccccc4oc3c3ccccc23)cccc1-c1cc2c3ccccc3oc2c2ccccc12. The van der Waals surface area contributed by atoms with Crippen LogP contribution in [0.5, 0.6) is 0 Å². The Hall–Kier alpha value is -10.4. The summed E-state index contributed by atoms with van der Waals surface area (Å²) in [6, 6.07) is 88.9. The molecule has 0 aliphatic rings. The molecule has 0 spiro atoms. The van der Waals surface area contributed by atoms with Gasteiger partial charge in [-0.1, -0.05) is 206 Å². The molecule has 384 valence electrons. The van der Waals surface area contributed by atoms with Crippen LogP contribution < -0.4 is 5.73 Å². The van der Waals surface area contributed by atoms with E-state index < -0.39 is 0 Å². The highest BCUT2D eigenvalue weighted by Crippen LogP contribution is 2.49. The molecule has 0 aliphatic carbocycles. The lowest BCUT2D eigenvalue weighted by atomic mass is 9.89. The van der Waals surface area contributed by atoms with Crippen LogP contribution in [0.4, 0.5) is 5.69 Å². The third-order valence-corrected chi connectivity index (χ3v) is 17.7. The lowest BCUT2D eigenvalue weighted by Crippen LogP contribution is -1.96. The fourth-order valence-electron chi connectivity index (χ4n) is 13.1. The van der Waals surface area contributed by atoms with Crippen molar-refractivity contribution >= 4 is 152 Å². The highest BCUT2D eigenvalue weighted by atomic mass is 79.9. The van der Waals surface area contributed by atoms with Crippen LogP contribution in [0.25, 0.3) is 175 Å². The molecule has 18 aromatic rings. The number of halogens is 1. The molecule has 82 heavy (non-hydrogen) atoms. The van der Waals surface area contributed by atoms with Crippen LogP contribution >= 0.6 is 15.9 Å². The Kier molecular flexibility index (Phi) is 10.2. The zero-order chi connectivity index (χ0) is 54.2. The Labute approximate surface area is 476 Å². The number of para-hydroxylation sites is 5. The highest BCUT2D eigenvalue weighted by Gasteiger charge is 2.23. The van der Waals surface area contributed by atoms with E-state index in [0.29, 0.717) is 0 Å². The number of nitrogens with two attached hydrogens (primary N) is 1. The largest absolute Gasteiger partial charge is 0.455 e. The molecule has 18 rings (SSSR count). The van der Waals surface area contributed by atoms with Crippen molar-refractivity contribution in [2.24, 2.45) is 0 Å². The van der Waals surface area contributed by atoms with Gasteiger partial charge in [-0.2, -0.15) is 0 Å². The van der Waals surface area contributed by atoms with E-state index in [-0.39, 0.29) is 0 Å². The molecule has 0 radical (unpaired) electrons. The average molecular weight is 1120 g/mol. The van der Waals surface area contributed by atoms with Crippen LogP contribution in [0.15, 0.2) is 277 Å². The van der Waals surface area contributed by atoms with Crippen LogP contribution in [0.3, 0.4) is 0 Å². The van der Waals surface area contributed by atoms with Crippen LogP contribution in [-0.4, -0.2) is 0 Å². The molecule has 0 fully saturated rings. The number of fused-ring (bicyclic) bond motifs is 20. The summed E-state index contributed by atoms with van der Waals surface area (Å²) in [5.74, 6) is 0. The summed E-state index contributed by atoms with van der Waals surface area (Å²) >= 11 is 4.09. The first-order valence-corrected chi connectivity index (χ1v) is 28.3. The predicted octanol–water partition coefficient (Wildman–Crippen LogP) is 22.6. The maximum Gasteiger partial charge on any atom is 0.143 e. The first-order valence-electron chi connectivity index (χ1n) is 27.5. The van der Waals surface area contributed by atoms with Gasteiger partial charge in [0.1, 0.15) is 44.7 Å². The van der Waals surface area contributed by atoms with Crippen LogP contribution in [0, 0.1) is 0 Å². The number of nitrogen functional groups attached to an aromatic ring is 1. The standard InChI is InChI=1S/C38H21BrO2.C38H23NO2/c2*39-36-26(30-20-32-24-12-5-7-18-34(24)40-37(32)28-14-3-1-10-22(28)30)16-9-17-27(36)31-21-33-25-13-6-8-19-35(25)41-38(33)29-15-4-2-11-23(29)31/h1-21H;1-21H,39H2. The molecule has 14 aromatic carbocycles. The van der Waals surface area contributed by atoms with Crippen LogP contribution in [0.2, 0.25) is 0 Å². The Balaban J connectivity index is 0.000000130. The zero-order valence-corrected chi connectivity index (χ0v) is 45.4. The summed E-state index contributed by atoms with van der Waals surface area (Å²) in [7, 11) is 0. The number of hydrogen-bond donors (Lipinski definition) is 1. The quantitative estimate of drug-likeness (QED) is 0.178. The van der Waals surface area contributed by atoms with Gasteiger partial charge in [0.25, 0.3) is 0 Å². The van der Waals surface area contributed by atoms with Gasteiger partial charge in [0, 0.05) is 85.9 Å². The second-order valence-electron chi connectivity index (χ2n) is 21.2. The predicted molar refractivity (Wildman–Crippen MR) is 346 cm³/mol. The first kappa shape index (κ1) is 46.5. The maximum atomic E-state index is 7.15. The summed E-state index contributed by atoms with van der Waals surface area (Å²) in [5.41, 5.74) is 24.0. The van der Waals surface area contributed by atoms with Gasteiger partial charge >= 0.3 is 0 Å². The van der Waals surface area contributed by atoms with Gasteiger partial charge in [-0.3, -0.25) is 0 Å². The minimum atomic E-state index is 0.752. The first-order chi connectivity index (χ1) is 40.5. The molecular weight excluding hydrogens is 1070 g/mol. The second-order valence-corrected chi connectivity index (χ2v) is 22.0. The van der Waals surface area contributed by atoms with Gasteiger partial charge in [-0.05, 0) is 119 Å². The number of anilines is 1. The normalized spacial score (nSPS) is 12.0. The van der Waals surface area contributed by atoms with E-state index in [1.165, 1.54) is 11.1 Å². The molecule has 0 amide bonds. The summed E-state index contributed by atoms with van der Waals surface area (Å²) in [6.07, 6.45) is 0. The summed E-state index contributed by atoms with van der Waals surface area (Å²) < 4.78 is 26.5. The monoisotopic (exact) mass is 1110 g/mol. The molecular formula is C76H44BrNO4. The molecule has 6 heteroatoms. The third-order valence-electron chi connectivity index (χ3n) is 16.8. The molecule has 5 nitrogen and oxygen atoms in total. The molecule has 0 saturated carbocycles. The molecule has 0 atom stereocenters. The van der Waals surface area contributed by atoms with E-state index in [1.54, 1.807) is 0 Å². The number of furan rings is 4. The van der Waals surface area contributed by atoms with Crippen LogP contribution in [-0.2, 0) is 0 Å². The van der Waals surface area contributed by atoms with Gasteiger partial charge in [-0.15, -0.1) is 0 Å².